The molecule has 2 aromatic carbocycles. The van der Waals surface area contributed by atoms with Crippen LogP contribution in [0.1, 0.15) is 39.9 Å². The minimum absolute atomic E-state index is 0.0105. The first-order valence-electron chi connectivity index (χ1n) is 7.95. The van der Waals surface area contributed by atoms with Crippen molar-refractivity contribution in [2.45, 2.75) is 37.0 Å². The normalized spacial score (nSPS) is 14.2. The number of hydrogen-bond acceptors (Lipinski definition) is 4. The molecule has 0 aliphatic heterocycles. The number of hydrogen-bond donors (Lipinski definition) is 0. The van der Waals surface area contributed by atoms with E-state index in [-0.39, 0.29) is 17.1 Å². The minimum Gasteiger partial charge on any atom is -0.744 e. The molecule has 138 valence electrons. The Bertz CT molecular complexity index is 1000. The van der Waals surface area contributed by atoms with Crippen LogP contribution in [0.4, 0.5) is 0 Å². The molecule has 3 rings (SSSR count). The predicted molar refractivity (Wildman–Crippen MR) is 124 cm³/mol. The Morgan fingerprint density at radius 3 is 2.35 bits per heavy atom. The van der Waals surface area contributed by atoms with E-state index in [0.717, 1.165) is 34.7 Å². The third-order valence-electron chi connectivity index (χ3n) is 4.50. The van der Waals surface area contributed by atoms with E-state index < -0.39 is 10.1 Å². The molecule has 0 radical (unpaired) electrons. The average molecular weight is 707 g/mol. The quantitative estimate of drug-likeness (QED) is 0.200. The summed E-state index contributed by atoms with van der Waals surface area (Å²) < 4.78 is 37.6. The summed E-state index contributed by atoms with van der Waals surface area (Å²) in [5, 5.41) is 0. The Kier molecular flexibility index (Phi) is 6.68. The van der Waals surface area contributed by atoms with Crippen molar-refractivity contribution in [3.63, 3.8) is 0 Å². The molecule has 0 spiro atoms. The van der Waals surface area contributed by atoms with E-state index in [4.69, 9.17) is 0 Å². The van der Waals surface area contributed by atoms with Crippen LogP contribution in [0, 0.1) is 10.7 Å². The van der Waals surface area contributed by atoms with E-state index >= 15 is 0 Å². The van der Waals surface area contributed by atoms with Gasteiger partial charge in [-0.15, -0.1) is 0 Å². The first-order chi connectivity index (χ1) is 12.2. The van der Waals surface area contributed by atoms with Crippen molar-refractivity contribution in [1.29, 1.82) is 0 Å². The molecule has 0 bridgehead atoms. The van der Waals surface area contributed by atoms with Gasteiger partial charge in [0.25, 0.3) is 0 Å². The highest BCUT2D eigenvalue weighted by molar-refractivity contribution is 14.1. The fraction of sp³-hybridized carbons (Fsp3) is 0.278. The number of benzene rings is 2. The second-order valence-corrected chi connectivity index (χ2v) is 11.0. The van der Waals surface area contributed by atoms with Crippen LogP contribution < -0.4 is 0 Å². The van der Waals surface area contributed by atoms with Crippen molar-refractivity contribution in [2.24, 2.45) is 0 Å². The zero-order chi connectivity index (χ0) is 19.1. The Hall–Kier alpha value is 0.210. The van der Waals surface area contributed by atoms with Crippen LogP contribution in [-0.2, 0) is 29.4 Å². The lowest BCUT2D eigenvalue weighted by atomic mass is 9.86. The van der Waals surface area contributed by atoms with E-state index in [0.29, 0.717) is 24.0 Å². The van der Waals surface area contributed by atoms with E-state index in [1.165, 1.54) is 6.07 Å². The molecule has 0 atom stereocenters. The molecule has 1 aliphatic rings. The molecule has 0 unspecified atom stereocenters. The summed E-state index contributed by atoms with van der Waals surface area (Å²) >= 11 is 6.61. The number of Topliss-reactive ketones (excluding diaryl/α,β-unsaturated/α-hetero) is 1. The van der Waals surface area contributed by atoms with Gasteiger partial charge in [-0.05, 0) is 128 Å². The van der Waals surface area contributed by atoms with Crippen molar-refractivity contribution in [3.8, 4) is 0 Å². The fourth-order valence-electron chi connectivity index (χ4n) is 3.34. The lowest BCUT2D eigenvalue weighted by molar-refractivity contribution is 0.0991. The molecular formula is C18H14I3O4S-. The second kappa shape index (κ2) is 8.29. The molecule has 0 heterocycles. The fourth-order valence-corrected chi connectivity index (χ4v) is 6.55. The van der Waals surface area contributed by atoms with Gasteiger partial charge in [0, 0.05) is 22.7 Å². The van der Waals surface area contributed by atoms with Crippen molar-refractivity contribution >= 4 is 83.7 Å². The molecule has 8 heteroatoms. The summed E-state index contributed by atoms with van der Waals surface area (Å²) in [4.78, 5) is 12.8. The second-order valence-electron chi connectivity index (χ2n) is 6.19. The number of rotatable bonds is 4. The smallest absolute Gasteiger partial charge is 0.168 e. The molecule has 26 heavy (non-hydrogen) atoms. The average Bonchev–Trinajstić information content (AvgIpc) is 2.57. The van der Waals surface area contributed by atoms with Gasteiger partial charge in [0.1, 0.15) is 10.1 Å². The van der Waals surface area contributed by atoms with Gasteiger partial charge >= 0.3 is 0 Å². The van der Waals surface area contributed by atoms with E-state index in [1.54, 1.807) is 6.07 Å². The van der Waals surface area contributed by atoms with Crippen LogP contribution in [0.2, 0.25) is 0 Å². The highest BCUT2D eigenvalue weighted by atomic mass is 127. The Morgan fingerprint density at radius 1 is 1.04 bits per heavy atom. The summed E-state index contributed by atoms with van der Waals surface area (Å²) in [6, 6.07) is 6.92. The number of carbonyl (C=O) groups is 1. The lowest BCUT2D eigenvalue weighted by Gasteiger charge is -2.24. The maximum absolute atomic E-state index is 12.9. The summed E-state index contributed by atoms with van der Waals surface area (Å²) in [6.45, 7) is 0. The van der Waals surface area contributed by atoms with Gasteiger partial charge in [-0.3, -0.25) is 4.79 Å². The van der Waals surface area contributed by atoms with Crippen molar-refractivity contribution in [2.75, 3.05) is 0 Å². The highest BCUT2D eigenvalue weighted by Gasteiger charge is 2.22. The predicted octanol–water partition coefficient (Wildman–Crippen LogP) is 4.71. The largest absolute Gasteiger partial charge is 0.744 e. The number of carbonyl (C=O) groups excluding carboxylic acids is 1. The molecule has 1 aliphatic carbocycles. The number of fused-ring (bicyclic) bond motifs is 1. The molecular weight excluding hydrogens is 693 g/mol. The lowest BCUT2D eigenvalue weighted by Crippen LogP contribution is -2.15. The summed E-state index contributed by atoms with van der Waals surface area (Å²) in [5.41, 5.74) is 3.01. The van der Waals surface area contributed by atoms with Crippen LogP contribution in [0.25, 0.3) is 0 Å². The SMILES string of the molecule is O=C(Cc1ccc(S(=O)(=O)[O-])c2c1CCCC2)c1cc(I)cc(I)c1I. The Morgan fingerprint density at radius 2 is 1.69 bits per heavy atom. The summed E-state index contributed by atoms with van der Waals surface area (Å²) in [6.07, 6.45) is 3.30. The Labute approximate surface area is 193 Å². The molecule has 0 saturated heterocycles. The third-order valence-corrected chi connectivity index (χ3v) is 9.09. The molecule has 4 nitrogen and oxygen atoms in total. The van der Waals surface area contributed by atoms with Crippen molar-refractivity contribution < 1.29 is 17.8 Å². The van der Waals surface area contributed by atoms with Crippen LogP contribution >= 0.6 is 67.8 Å². The first kappa shape index (κ1) is 20.9. The van der Waals surface area contributed by atoms with Crippen LogP contribution in [0.5, 0.6) is 0 Å². The molecule has 0 fully saturated rings. The van der Waals surface area contributed by atoms with E-state index in [9.17, 15) is 17.8 Å². The minimum atomic E-state index is -4.50. The summed E-state index contributed by atoms with van der Waals surface area (Å²) in [5.74, 6) is 0.0105. The third kappa shape index (κ3) is 4.44. The number of halogens is 3. The maximum Gasteiger partial charge on any atom is 0.168 e. The van der Waals surface area contributed by atoms with Crippen molar-refractivity contribution in [3.05, 3.63) is 57.2 Å². The zero-order valence-corrected chi connectivity index (χ0v) is 20.8. The van der Waals surface area contributed by atoms with Crippen LogP contribution in [0.15, 0.2) is 29.2 Å². The monoisotopic (exact) mass is 707 g/mol. The van der Waals surface area contributed by atoms with Gasteiger partial charge in [-0.2, -0.15) is 0 Å². The summed E-state index contributed by atoms with van der Waals surface area (Å²) in [7, 11) is -4.50. The molecule has 0 saturated carbocycles. The maximum atomic E-state index is 12.9. The van der Waals surface area contributed by atoms with Gasteiger partial charge in [0.05, 0.1) is 4.90 Å². The van der Waals surface area contributed by atoms with Crippen LogP contribution in [0.3, 0.4) is 0 Å². The van der Waals surface area contributed by atoms with E-state index in [1.807, 2.05) is 12.1 Å². The standard InChI is InChI=1S/C18H15I3O4S/c19-11-8-14(18(21)15(20)9-11)16(22)7-10-5-6-17(26(23,24)25)13-4-2-1-3-12(10)13/h5-6,8-9H,1-4,7H2,(H,23,24,25)/p-1. The Balaban J connectivity index is 2.02. The van der Waals surface area contributed by atoms with Gasteiger partial charge in [0.15, 0.2) is 5.78 Å². The van der Waals surface area contributed by atoms with Gasteiger partial charge in [-0.1, -0.05) is 6.07 Å². The molecule has 0 N–H and O–H groups in total. The van der Waals surface area contributed by atoms with Gasteiger partial charge in [-0.25, -0.2) is 8.42 Å². The van der Waals surface area contributed by atoms with E-state index in [2.05, 4.69) is 67.8 Å². The molecule has 0 amide bonds. The van der Waals surface area contributed by atoms with Gasteiger partial charge < -0.3 is 4.55 Å². The molecule has 2 aromatic rings. The first-order valence-corrected chi connectivity index (χ1v) is 12.6. The topological polar surface area (TPSA) is 74.3 Å². The van der Waals surface area contributed by atoms with Crippen molar-refractivity contribution in [1.82, 2.24) is 0 Å². The van der Waals surface area contributed by atoms with Crippen LogP contribution in [-0.4, -0.2) is 18.8 Å². The highest BCUT2D eigenvalue weighted by Crippen LogP contribution is 2.31. The zero-order valence-electron chi connectivity index (χ0n) is 13.5. The van der Waals surface area contributed by atoms with Gasteiger partial charge in [0.2, 0.25) is 0 Å². The molecule has 0 aromatic heterocycles. The number of ketones is 1.